The van der Waals surface area contributed by atoms with Crippen molar-refractivity contribution in [2.75, 3.05) is 13.2 Å². The maximum absolute atomic E-state index is 12.8. The van der Waals surface area contributed by atoms with E-state index in [1.165, 1.54) is 0 Å². The minimum Gasteiger partial charge on any atom is -0.480 e. The van der Waals surface area contributed by atoms with E-state index in [2.05, 4.69) is 16.0 Å². The van der Waals surface area contributed by atoms with Gasteiger partial charge in [-0.2, -0.15) is 0 Å². The Hall–Kier alpha value is -2.77. The van der Waals surface area contributed by atoms with Crippen LogP contribution in [0.5, 0.6) is 0 Å². The van der Waals surface area contributed by atoms with Crippen LogP contribution < -0.4 is 33.2 Å². The number of aliphatic hydroxyl groups is 1. The molecule has 0 aromatic carbocycles. The lowest BCUT2D eigenvalue weighted by Crippen LogP contribution is -2.59. The molecule has 0 aliphatic rings. The average Bonchev–Trinajstić information content (AvgIpc) is 2.74. The summed E-state index contributed by atoms with van der Waals surface area (Å²) in [6.07, 6.45) is 1.02. The van der Waals surface area contributed by atoms with Crippen molar-refractivity contribution in [2.24, 2.45) is 23.1 Å². The van der Waals surface area contributed by atoms with E-state index >= 15 is 0 Å². The fourth-order valence-corrected chi connectivity index (χ4v) is 2.74. The quantitative estimate of drug-likeness (QED) is 0.109. The summed E-state index contributed by atoms with van der Waals surface area (Å²) in [7, 11) is 0. The molecular formula is C19H36N6O7. The highest BCUT2D eigenvalue weighted by Gasteiger charge is 2.33. The van der Waals surface area contributed by atoms with E-state index in [9.17, 15) is 29.1 Å². The predicted molar refractivity (Wildman–Crippen MR) is 115 cm³/mol. The Morgan fingerprint density at radius 1 is 0.938 bits per heavy atom. The van der Waals surface area contributed by atoms with E-state index in [4.69, 9.17) is 22.3 Å². The van der Waals surface area contributed by atoms with E-state index in [0.717, 1.165) is 0 Å². The number of unbranched alkanes of at least 4 members (excludes halogenated alkanes) is 1. The minimum atomic E-state index is -1.45. The molecule has 0 bridgehead atoms. The minimum absolute atomic E-state index is 0.111. The van der Waals surface area contributed by atoms with Gasteiger partial charge in [0, 0.05) is 0 Å². The van der Waals surface area contributed by atoms with Gasteiger partial charge in [0.15, 0.2) is 0 Å². The summed E-state index contributed by atoms with van der Waals surface area (Å²) in [6.45, 7) is 3.18. The third-order valence-electron chi connectivity index (χ3n) is 4.93. The van der Waals surface area contributed by atoms with Crippen LogP contribution in [0.2, 0.25) is 0 Å². The van der Waals surface area contributed by atoms with Crippen LogP contribution >= 0.6 is 0 Å². The summed E-state index contributed by atoms with van der Waals surface area (Å²) in [6, 6.07) is -5.06. The monoisotopic (exact) mass is 460 g/mol. The molecule has 0 fully saturated rings. The van der Waals surface area contributed by atoms with Crippen molar-refractivity contribution in [2.45, 2.75) is 70.1 Å². The van der Waals surface area contributed by atoms with Crippen LogP contribution in [0.25, 0.3) is 0 Å². The number of carbonyl (C=O) groups excluding carboxylic acids is 4. The first-order chi connectivity index (χ1) is 15.0. The zero-order valence-corrected chi connectivity index (χ0v) is 18.5. The number of aliphatic hydroxyl groups excluding tert-OH is 1. The molecule has 0 saturated carbocycles. The molecule has 32 heavy (non-hydrogen) atoms. The van der Waals surface area contributed by atoms with Gasteiger partial charge in [-0.05, 0) is 31.7 Å². The summed E-state index contributed by atoms with van der Waals surface area (Å²) in [4.78, 5) is 60.4. The largest absolute Gasteiger partial charge is 0.480 e. The van der Waals surface area contributed by atoms with E-state index in [-0.39, 0.29) is 12.3 Å². The lowest BCUT2D eigenvalue weighted by molar-refractivity contribution is -0.142. The summed E-state index contributed by atoms with van der Waals surface area (Å²) < 4.78 is 0. The average molecular weight is 461 g/mol. The standard InChI is InChI=1S/C19H36N6O7/c1-3-10(2)15(25-16(28)11(21)9-26)18(30)24-13(8-14(22)27)17(29)23-12(19(31)32)6-4-5-7-20/h10-13,15,26H,3-9,20-21H2,1-2H3,(H2,22,27)(H,23,29)(H,24,30)(H,25,28)(H,31,32). The molecule has 0 radical (unpaired) electrons. The zero-order valence-electron chi connectivity index (χ0n) is 18.5. The molecule has 0 aliphatic heterocycles. The van der Waals surface area contributed by atoms with Crippen molar-refractivity contribution in [3.8, 4) is 0 Å². The van der Waals surface area contributed by atoms with Gasteiger partial charge in [0.25, 0.3) is 0 Å². The van der Waals surface area contributed by atoms with Gasteiger partial charge in [0.1, 0.15) is 24.2 Å². The van der Waals surface area contributed by atoms with Gasteiger partial charge in [0.2, 0.25) is 23.6 Å². The Bertz CT molecular complexity index is 660. The molecule has 0 heterocycles. The second-order valence-electron chi connectivity index (χ2n) is 7.58. The SMILES string of the molecule is CCC(C)C(NC(=O)C(N)CO)C(=O)NC(CC(N)=O)C(=O)NC(CCCCN)C(=O)O. The lowest BCUT2D eigenvalue weighted by atomic mass is 9.97. The third-order valence-corrected chi connectivity index (χ3v) is 4.93. The lowest BCUT2D eigenvalue weighted by Gasteiger charge is -2.27. The third kappa shape index (κ3) is 10.5. The number of carbonyl (C=O) groups is 5. The second kappa shape index (κ2) is 15.1. The smallest absolute Gasteiger partial charge is 0.326 e. The number of rotatable bonds is 16. The van der Waals surface area contributed by atoms with Crippen LogP contribution in [-0.4, -0.2) is 77.1 Å². The molecule has 0 saturated heterocycles. The first-order valence-corrected chi connectivity index (χ1v) is 10.5. The summed E-state index contributed by atoms with van der Waals surface area (Å²) in [5.41, 5.74) is 16.0. The van der Waals surface area contributed by atoms with Crippen molar-refractivity contribution in [1.82, 2.24) is 16.0 Å². The van der Waals surface area contributed by atoms with Gasteiger partial charge in [-0.1, -0.05) is 20.3 Å². The van der Waals surface area contributed by atoms with Crippen LogP contribution in [0.3, 0.4) is 0 Å². The van der Waals surface area contributed by atoms with E-state index in [1.54, 1.807) is 13.8 Å². The number of nitrogens with two attached hydrogens (primary N) is 3. The van der Waals surface area contributed by atoms with Gasteiger partial charge in [-0.15, -0.1) is 0 Å². The Balaban J connectivity index is 5.47. The van der Waals surface area contributed by atoms with E-state index in [1.807, 2.05) is 0 Å². The molecule has 11 N–H and O–H groups in total. The number of amides is 4. The molecule has 5 unspecified atom stereocenters. The summed E-state index contributed by atoms with van der Waals surface area (Å²) >= 11 is 0. The fraction of sp³-hybridized carbons (Fsp3) is 0.737. The number of hydrogen-bond donors (Lipinski definition) is 8. The van der Waals surface area contributed by atoms with Gasteiger partial charge in [-0.25, -0.2) is 4.79 Å². The van der Waals surface area contributed by atoms with Crippen molar-refractivity contribution < 1.29 is 34.2 Å². The van der Waals surface area contributed by atoms with Crippen molar-refractivity contribution >= 4 is 29.6 Å². The van der Waals surface area contributed by atoms with Crippen LogP contribution in [0.4, 0.5) is 0 Å². The van der Waals surface area contributed by atoms with Gasteiger partial charge in [0.05, 0.1) is 13.0 Å². The molecule has 184 valence electrons. The van der Waals surface area contributed by atoms with Gasteiger partial charge >= 0.3 is 5.97 Å². The maximum atomic E-state index is 12.8. The molecule has 0 aromatic rings. The van der Waals surface area contributed by atoms with Crippen molar-refractivity contribution in [3.63, 3.8) is 0 Å². The normalized spacial score (nSPS) is 15.5. The number of hydrogen-bond acceptors (Lipinski definition) is 8. The fourth-order valence-electron chi connectivity index (χ4n) is 2.74. The number of nitrogens with one attached hydrogen (secondary N) is 3. The Kier molecular flexibility index (Phi) is 13.8. The molecular weight excluding hydrogens is 424 g/mol. The molecule has 0 rings (SSSR count). The van der Waals surface area contributed by atoms with Gasteiger partial charge < -0.3 is 43.4 Å². The summed E-state index contributed by atoms with van der Waals surface area (Å²) in [5.74, 6) is -5.01. The van der Waals surface area contributed by atoms with Crippen LogP contribution in [0.1, 0.15) is 46.0 Å². The highest BCUT2D eigenvalue weighted by Crippen LogP contribution is 2.10. The number of carboxylic acid groups (broad SMARTS) is 1. The molecule has 0 aliphatic carbocycles. The van der Waals surface area contributed by atoms with Crippen molar-refractivity contribution in [1.29, 1.82) is 0 Å². The van der Waals surface area contributed by atoms with E-state index in [0.29, 0.717) is 25.8 Å². The van der Waals surface area contributed by atoms with Crippen LogP contribution in [-0.2, 0) is 24.0 Å². The van der Waals surface area contributed by atoms with Crippen LogP contribution in [0, 0.1) is 5.92 Å². The Morgan fingerprint density at radius 2 is 1.53 bits per heavy atom. The topological polar surface area (TPSA) is 240 Å². The Morgan fingerprint density at radius 3 is 2.00 bits per heavy atom. The van der Waals surface area contributed by atoms with Gasteiger partial charge in [-0.3, -0.25) is 19.2 Å². The van der Waals surface area contributed by atoms with Crippen molar-refractivity contribution in [3.05, 3.63) is 0 Å². The molecule has 13 heteroatoms. The molecule has 4 amide bonds. The first kappa shape index (κ1) is 29.2. The molecule has 0 aromatic heterocycles. The highest BCUT2D eigenvalue weighted by atomic mass is 16.4. The summed E-state index contributed by atoms with van der Waals surface area (Å²) in [5, 5.41) is 25.4. The molecule has 0 spiro atoms. The predicted octanol–water partition coefficient (Wildman–Crippen LogP) is -3.10. The zero-order chi connectivity index (χ0) is 24.8. The highest BCUT2D eigenvalue weighted by molar-refractivity contribution is 5.96. The maximum Gasteiger partial charge on any atom is 0.326 e. The molecule has 13 nitrogen and oxygen atoms in total. The molecule has 5 atom stereocenters. The number of aliphatic carboxylic acids is 1. The number of primary amides is 1. The first-order valence-electron chi connectivity index (χ1n) is 10.5. The Labute approximate surface area is 186 Å². The van der Waals surface area contributed by atoms with E-state index < -0.39 is 66.8 Å². The second-order valence-corrected chi connectivity index (χ2v) is 7.58. The number of carboxylic acids is 1. The van der Waals surface area contributed by atoms with Crippen LogP contribution in [0.15, 0.2) is 0 Å².